The van der Waals surface area contributed by atoms with Crippen LogP contribution >= 0.6 is 0 Å². The highest BCUT2D eigenvalue weighted by molar-refractivity contribution is 6.04. The van der Waals surface area contributed by atoms with E-state index in [1.807, 2.05) is 26.0 Å². The van der Waals surface area contributed by atoms with Crippen LogP contribution < -0.4 is 11.1 Å². The molecule has 1 aromatic heterocycles. The number of nitrogens with zero attached hydrogens (tertiary/aromatic N) is 1. The number of nitrogens with one attached hydrogen (secondary N) is 1. The number of rotatable bonds is 2. The van der Waals surface area contributed by atoms with Gasteiger partial charge in [-0.25, -0.2) is 4.98 Å². The van der Waals surface area contributed by atoms with Crippen molar-refractivity contribution >= 4 is 17.3 Å². The van der Waals surface area contributed by atoms with Crippen LogP contribution in [0.4, 0.5) is 11.4 Å². The topological polar surface area (TPSA) is 81.1 Å². The van der Waals surface area contributed by atoms with Crippen LogP contribution in [0.3, 0.4) is 0 Å². The van der Waals surface area contributed by atoms with E-state index >= 15 is 0 Å². The van der Waals surface area contributed by atoms with Crippen molar-refractivity contribution in [1.82, 2.24) is 4.98 Å². The van der Waals surface area contributed by atoms with Crippen LogP contribution in [0.15, 0.2) is 22.9 Å². The summed E-state index contributed by atoms with van der Waals surface area (Å²) in [7, 11) is 0. The molecule has 18 heavy (non-hydrogen) atoms. The van der Waals surface area contributed by atoms with E-state index in [1.165, 1.54) is 6.39 Å². The number of aryl methyl sites for hydroxylation is 3. The van der Waals surface area contributed by atoms with Crippen LogP contribution in [0.5, 0.6) is 0 Å². The summed E-state index contributed by atoms with van der Waals surface area (Å²) in [5, 5.41) is 2.72. The maximum absolute atomic E-state index is 11.9. The predicted octanol–water partition coefficient (Wildman–Crippen LogP) is 2.43. The SMILES string of the molecule is Cc1cc(N)c(NC(=O)c2ocnc2C)cc1C. The Morgan fingerprint density at radius 3 is 2.56 bits per heavy atom. The zero-order valence-electron chi connectivity index (χ0n) is 10.6. The van der Waals surface area contributed by atoms with E-state index in [4.69, 9.17) is 10.2 Å². The van der Waals surface area contributed by atoms with Gasteiger partial charge < -0.3 is 15.5 Å². The zero-order chi connectivity index (χ0) is 13.3. The Bertz CT molecular complexity index is 602. The molecule has 0 fully saturated rings. The van der Waals surface area contributed by atoms with E-state index in [2.05, 4.69) is 10.3 Å². The van der Waals surface area contributed by atoms with E-state index in [1.54, 1.807) is 6.92 Å². The molecule has 5 nitrogen and oxygen atoms in total. The number of hydrogen-bond acceptors (Lipinski definition) is 4. The first-order valence-corrected chi connectivity index (χ1v) is 5.57. The number of nitrogens with two attached hydrogens (primary N) is 1. The second-order valence-corrected chi connectivity index (χ2v) is 4.24. The molecule has 0 aliphatic carbocycles. The molecule has 0 saturated heterocycles. The Hall–Kier alpha value is -2.30. The molecule has 94 valence electrons. The third-order valence-corrected chi connectivity index (χ3v) is 2.87. The number of nitrogen functional groups attached to an aromatic ring is 1. The summed E-state index contributed by atoms with van der Waals surface area (Å²) in [6.07, 6.45) is 1.24. The average Bonchev–Trinajstić information content (AvgIpc) is 2.72. The maximum atomic E-state index is 11.9. The quantitative estimate of drug-likeness (QED) is 0.796. The van der Waals surface area contributed by atoms with E-state index in [0.717, 1.165) is 11.1 Å². The Labute approximate surface area is 105 Å². The summed E-state index contributed by atoms with van der Waals surface area (Å²) in [5.74, 6) is -0.146. The number of oxazole rings is 1. The maximum Gasteiger partial charge on any atom is 0.293 e. The van der Waals surface area contributed by atoms with Crippen molar-refractivity contribution in [2.75, 3.05) is 11.1 Å². The Balaban J connectivity index is 2.28. The molecular formula is C13H15N3O2. The Kier molecular flexibility index (Phi) is 3.06. The second-order valence-electron chi connectivity index (χ2n) is 4.24. The van der Waals surface area contributed by atoms with E-state index < -0.39 is 0 Å². The molecule has 3 N–H and O–H groups in total. The largest absolute Gasteiger partial charge is 0.438 e. The lowest BCUT2D eigenvalue weighted by Gasteiger charge is -2.10. The van der Waals surface area contributed by atoms with Gasteiger partial charge in [-0.2, -0.15) is 0 Å². The summed E-state index contributed by atoms with van der Waals surface area (Å²) in [6, 6.07) is 3.67. The van der Waals surface area contributed by atoms with Gasteiger partial charge in [0.1, 0.15) is 0 Å². The first-order chi connectivity index (χ1) is 8.49. The smallest absolute Gasteiger partial charge is 0.293 e. The van der Waals surface area contributed by atoms with Gasteiger partial charge in [-0.05, 0) is 44.0 Å². The number of carbonyl (C=O) groups excluding carboxylic acids is 1. The van der Waals surface area contributed by atoms with Crippen LogP contribution in [-0.2, 0) is 0 Å². The lowest BCUT2D eigenvalue weighted by molar-refractivity contribution is 0.0996. The van der Waals surface area contributed by atoms with Gasteiger partial charge in [0, 0.05) is 0 Å². The number of benzene rings is 1. The molecule has 5 heteroatoms. The molecule has 1 heterocycles. The number of amides is 1. The summed E-state index contributed by atoms with van der Waals surface area (Å²) in [6.45, 7) is 5.64. The van der Waals surface area contributed by atoms with Crippen molar-refractivity contribution < 1.29 is 9.21 Å². The molecule has 0 aliphatic rings. The fourth-order valence-electron chi connectivity index (χ4n) is 1.65. The predicted molar refractivity (Wildman–Crippen MR) is 69.5 cm³/mol. The molecule has 0 atom stereocenters. The van der Waals surface area contributed by atoms with Crippen LogP contribution in [0.2, 0.25) is 0 Å². The van der Waals surface area contributed by atoms with Crippen molar-refractivity contribution in [2.45, 2.75) is 20.8 Å². The molecule has 0 bridgehead atoms. The van der Waals surface area contributed by atoms with Crippen molar-refractivity contribution in [3.8, 4) is 0 Å². The molecule has 1 aromatic carbocycles. The average molecular weight is 245 g/mol. The van der Waals surface area contributed by atoms with E-state index in [-0.39, 0.29) is 11.7 Å². The van der Waals surface area contributed by atoms with Gasteiger partial charge in [0.2, 0.25) is 5.76 Å². The van der Waals surface area contributed by atoms with Gasteiger partial charge >= 0.3 is 0 Å². The summed E-state index contributed by atoms with van der Waals surface area (Å²) >= 11 is 0. The van der Waals surface area contributed by atoms with Gasteiger partial charge in [-0.1, -0.05) is 0 Å². The molecule has 0 saturated carbocycles. The van der Waals surface area contributed by atoms with Gasteiger partial charge in [0.05, 0.1) is 17.1 Å². The minimum atomic E-state index is -0.347. The third kappa shape index (κ3) is 2.20. The minimum absolute atomic E-state index is 0.202. The van der Waals surface area contributed by atoms with Gasteiger partial charge in [0.15, 0.2) is 6.39 Å². The van der Waals surface area contributed by atoms with Crippen LogP contribution in [0.1, 0.15) is 27.4 Å². The summed E-state index contributed by atoms with van der Waals surface area (Å²) < 4.78 is 5.03. The highest BCUT2D eigenvalue weighted by Crippen LogP contribution is 2.23. The van der Waals surface area contributed by atoms with Crippen LogP contribution in [0.25, 0.3) is 0 Å². The standard InChI is InChI=1S/C13H15N3O2/c1-7-4-10(14)11(5-8(7)2)16-13(17)12-9(3)15-6-18-12/h4-6H,14H2,1-3H3,(H,16,17). The lowest BCUT2D eigenvalue weighted by Crippen LogP contribution is -2.14. The minimum Gasteiger partial charge on any atom is -0.438 e. The molecule has 0 radical (unpaired) electrons. The molecule has 2 aromatic rings. The van der Waals surface area contributed by atoms with Gasteiger partial charge in [-0.3, -0.25) is 4.79 Å². The van der Waals surface area contributed by atoms with E-state index in [0.29, 0.717) is 17.1 Å². The summed E-state index contributed by atoms with van der Waals surface area (Å²) in [4.78, 5) is 15.8. The van der Waals surface area contributed by atoms with Gasteiger partial charge in [-0.15, -0.1) is 0 Å². The van der Waals surface area contributed by atoms with Crippen molar-refractivity contribution in [1.29, 1.82) is 0 Å². The summed E-state index contributed by atoms with van der Waals surface area (Å²) in [5.41, 5.74) is 9.68. The fourth-order valence-corrected chi connectivity index (χ4v) is 1.65. The number of anilines is 2. The van der Waals surface area contributed by atoms with Gasteiger partial charge in [0.25, 0.3) is 5.91 Å². The first kappa shape index (κ1) is 12.2. The lowest BCUT2D eigenvalue weighted by atomic mass is 10.1. The fraction of sp³-hybridized carbons (Fsp3) is 0.231. The number of hydrogen-bond donors (Lipinski definition) is 2. The second kappa shape index (κ2) is 4.52. The van der Waals surface area contributed by atoms with Crippen molar-refractivity contribution in [3.05, 3.63) is 41.1 Å². The van der Waals surface area contributed by atoms with Crippen molar-refractivity contribution in [3.63, 3.8) is 0 Å². The highest BCUT2D eigenvalue weighted by atomic mass is 16.3. The Morgan fingerprint density at radius 1 is 1.28 bits per heavy atom. The Morgan fingerprint density at radius 2 is 1.94 bits per heavy atom. The molecule has 0 spiro atoms. The molecule has 1 amide bonds. The highest BCUT2D eigenvalue weighted by Gasteiger charge is 2.15. The first-order valence-electron chi connectivity index (χ1n) is 5.57. The van der Waals surface area contributed by atoms with E-state index in [9.17, 15) is 4.79 Å². The normalized spacial score (nSPS) is 10.4. The van der Waals surface area contributed by atoms with Crippen molar-refractivity contribution in [2.24, 2.45) is 0 Å². The molecule has 0 unspecified atom stereocenters. The molecular weight excluding hydrogens is 230 g/mol. The molecule has 0 aliphatic heterocycles. The number of aromatic nitrogens is 1. The van der Waals surface area contributed by atoms with Crippen LogP contribution in [-0.4, -0.2) is 10.9 Å². The third-order valence-electron chi connectivity index (χ3n) is 2.87. The number of carbonyl (C=O) groups is 1. The monoisotopic (exact) mass is 245 g/mol. The zero-order valence-corrected chi connectivity index (χ0v) is 10.6. The van der Waals surface area contributed by atoms with Crippen LogP contribution in [0, 0.1) is 20.8 Å². The molecule has 2 rings (SSSR count).